The summed E-state index contributed by atoms with van der Waals surface area (Å²) < 4.78 is 10.7. The molecule has 0 spiro atoms. The highest BCUT2D eigenvalue weighted by Crippen LogP contribution is 2.38. The Morgan fingerprint density at radius 2 is 1.42 bits per heavy atom. The minimum Gasteiger partial charge on any atom is -0.397 e. The van der Waals surface area contributed by atoms with Crippen molar-refractivity contribution >= 4 is 9.28 Å². The van der Waals surface area contributed by atoms with Gasteiger partial charge in [-0.15, -0.1) is 0 Å². The lowest BCUT2D eigenvalue weighted by Crippen LogP contribution is -2.31. The Morgan fingerprint density at radius 3 is 1.75 bits per heavy atom. The fourth-order valence-corrected chi connectivity index (χ4v) is 3.65. The van der Waals surface area contributed by atoms with Crippen molar-refractivity contribution in [3.8, 4) is 0 Å². The molecular formula is C9H17O2Si. The summed E-state index contributed by atoms with van der Waals surface area (Å²) in [6.45, 7) is 4.46. The zero-order valence-corrected chi connectivity index (χ0v) is 9.20. The number of hydrogen-bond acceptors (Lipinski definition) is 2. The molecule has 3 heteroatoms. The van der Waals surface area contributed by atoms with Crippen LogP contribution in [0.3, 0.4) is 0 Å². The first-order chi connectivity index (χ1) is 5.70. The van der Waals surface area contributed by atoms with Crippen molar-refractivity contribution in [2.24, 2.45) is 11.8 Å². The molecule has 1 radical (unpaired) electrons. The van der Waals surface area contributed by atoms with Gasteiger partial charge in [-0.25, -0.2) is 0 Å². The summed E-state index contributed by atoms with van der Waals surface area (Å²) in [4.78, 5) is 0. The zero-order chi connectivity index (χ0) is 9.14. The summed E-state index contributed by atoms with van der Waals surface area (Å²) >= 11 is 0. The van der Waals surface area contributed by atoms with E-state index in [1.165, 1.54) is 0 Å². The van der Waals surface area contributed by atoms with Gasteiger partial charge in [0.25, 0.3) is 0 Å². The summed E-state index contributed by atoms with van der Waals surface area (Å²) in [6, 6.07) is 0. The van der Waals surface area contributed by atoms with Gasteiger partial charge >= 0.3 is 9.28 Å². The second-order valence-corrected chi connectivity index (χ2v) is 5.48. The molecule has 69 valence electrons. The average molecular weight is 185 g/mol. The Hall–Kier alpha value is -0.123. The van der Waals surface area contributed by atoms with Gasteiger partial charge in [-0.1, -0.05) is 26.0 Å². The molecule has 1 rings (SSSR count). The molecule has 2 atom stereocenters. The van der Waals surface area contributed by atoms with Crippen LogP contribution in [-0.2, 0) is 8.85 Å². The van der Waals surface area contributed by atoms with E-state index in [9.17, 15) is 0 Å². The predicted octanol–water partition coefficient (Wildman–Crippen LogP) is 1.98. The van der Waals surface area contributed by atoms with E-state index in [0.29, 0.717) is 17.4 Å². The van der Waals surface area contributed by atoms with Crippen LogP contribution in [0.15, 0.2) is 12.2 Å². The van der Waals surface area contributed by atoms with Crippen LogP contribution in [0.1, 0.15) is 13.8 Å². The summed E-state index contributed by atoms with van der Waals surface area (Å²) in [5.41, 5.74) is 0.574. The maximum atomic E-state index is 5.36. The quantitative estimate of drug-likeness (QED) is 0.494. The van der Waals surface area contributed by atoms with Gasteiger partial charge in [0, 0.05) is 19.8 Å². The smallest absolute Gasteiger partial charge is 0.388 e. The van der Waals surface area contributed by atoms with Crippen LogP contribution >= 0.6 is 0 Å². The van der Waals surface area contributed by atoms with Crippen molar-refractivity contribution in [3.05, 3.63) is 12.2 Å². The first-order valence-electron chi connectivity index (χ1n) is 4.33. The van der Waals surface area contributed by atoms with Crippen LogP contribution in [0.5, 0.6) is 0 Å². The molecule has 0 aromatic carbocycles. The lowest BCUT2D eigenvalue weighted by molar-refractivity contribution is 0.251. The maximum absolute atomic E-state index is 5.36. The zero-order valence-electron chi connectivity index (χ0n) is 8.20. The van der Waals surface area contributed by atoms with Crippen LogP contribution in [0.2, 0.25) is 5.54 Å². The fraction of sp³-hybridized carbons (Fsp3) is 0.778. The lowest BCUT2D eigenvalue weighted by atomic mass is 10.1. The third-order valence-corrected chi connectivity index (χ3v) is 4.93. The molecule has 12 heavy (non-hydrogen) atoms. The molecule has 0 N–H and O–H groups in total. The van der Waals surface area contributed by atoms with Gasteiger partial charge in [0.15, 0.2) is 0 Å². The molecule has 0 fully saturated rings. The number of hydrogen-bond donors (Lipinski definition) is 0. The highest BCUT2D eigenvalue weighted by atomic mass is 28.3. The van der Waals surface area contributed by atoms with Crippen molar-refractivity contribution in [1.82, 2.24) is 0 Å². The molecule has 0 aliphatic heterocycles. The normalized spacial score (nSPS) is 34.9. The van der Waals surface area contributed by atoms with Crippen molar-refractivity contribution in [3.63, 3.8) is 0 Å². The van der Waals surface area contributed by atoms with Gasteiger partial charge in [-0.2, -0.15) is 0 Å². The third kappa shape index (κ3) is 1.79. The lowest BCUT2D eigenvalue weighted by Gasteiger charge is -2.24. The largest absolute Gasteiger partial charge is 0.397 e. The molecule has 0 heterocycles. The van der Waals surface area contributed by atoms with Crippen molar-refractivity contribution in [2.45, 2.75) is 19.4 Å². The summed E-state index contributed by atoms with van der Waals surface area (Å²) in [5.74, 6) is 1.21. The van der Waals surface area contributed by atoms with Gasteiger partial charge in [-0.05, 0) is 11.8 Å². The highest BCUT2D eigenvalue weighted by molar-refractivity contribution is 6.46. The molecule has 0 amide bonds. The molecule has 0 aromatic heterocycles. The minimum absolute atomic E-state index is 0.574. The Morgan fingerprint density at radius 1 is 1.00 bits per heavy atom. The van der Waals surface area contributed by atoms with Gasteiger partial charge < -0.3 is 8.85 Å². The molecule has 0 aromatic rings. The van der Waals surface area contributed by atoms with Gasteiger partial charge in [0.1, 0.15) is 0 Å². The van der Waals surface area contributed by atoms with Crippen LogP contribution in [-0.4, -0.2) is 23.5 Å². The van der Waals surface area contributed by atoms with Crippen LogP contribution in [0, 0.1) is 11.8 Å². The topological polar surface area (TPSA) is 18.5 Å². The molecule has 0 bridgehead atoms. The molecule has 0 saturated carbocycles. The average Bonchev–Trinajstić information content (AvgIpc) is 2.38. The molecule has 1 aliphatic carbocycles. The SMILES string of the molecule is CO[Si](OC)C1C(C)C=CC1C. The fourth-order valence-electron chi connectivity index (χ4n) is 1.85. The van der Waals surface area contributed by atoms with Gasteiger partial charge in [0.05, 0.1) is 0 Å². The Labute approximate surface area is 76.4 Å². The molecule has 1 aliphatic rings. The first kappa shape index (κ1) is 9.96. The second-order valence-electron chi connectivity index (χ2n) is 3.36. The van der Waals surface area contributed by atoms with E-state index in [4.69, 9.17) is 8.85 Å². The van der Waals surface area contributed by atoms with Gasteiger partial charge in [0.2, 0.25) is 0 Å². The van der Waals surface area contributed by atoms with Crippen LogP contribution in [0.25, 0.3) is 0 Å². The monoisotopic (exact) mass is 185 g/mol. The molecule has 0 saturated heterocycles. The maximum Gasteiger partial charge on any atom is 0.388 e. The van der Waals surface area contributed by atoms with Crippen LogP contribution < -0.4 is 0 Å². The third-order valence-electron chi connectivity index (χ3n) is 2.53. The second kappa shape index (κ2) is 4.21. The standard InChI is InChI=1S/C9H17O2Si/c1-7-5-6-8(2)9(7)12(10-3)11-4/h5-9H,1-4H3. The van der Waals surface area contributed by atoms with Crippen molar-refractivity contribution in [1.29, 1.82) is 0 Å². The van der Waals surface area contributed by atoms with E-state index in [1.54, 1.807) is 14.2 Å². The summed E-state index contributed by atoms with van der Waals surface area (Å²) in [5, 5.41) is 0. The van der Waals surface area contributed by atoms with E-state index in [1.807, 2.05) is 0 Å². The number of allylic oxidation sites excluding steroid dienone is 2. The predicted molar refractivity (Wildman–Crippen MR) is 51.0 cm³/mol. The summed E-state index contributed by atoms with van der Waals surface area (Å²) in [7, 11) is 2.43. The minimum atomic E-state index is -1.06. The van der Waals surface area contributed by atoms with Crippen molar-refractivity contribution < 1.29 is 8.85 Å². The van der Waals surface area contributed by atoms with E-state index in [0.717, 1.165) is 0 Å². The summed E-state index contributed by atoms with van der Waals surface area (Å²) in [6.07, 6.45) is 4.52. The van der Waals surface area contributed by atoms with Crippen LogP contribution in [0.4, 0.5) is 0 Å². The van der Waals surface area contributed by atoms with E-state index in [-0.39, 0.29) is 0 Å². The number of rotatable bonds is 3. The van der Waals surface area contributed by atoms with Gasteiger partial charge in [-0.3, -0.25) is 0 Å². The van der Waals surface area contributed by atoms with E-state index >= 15 is 0 Å². The highest BCUT2D eigenvalue weighted by Gasteiger charge is 2.36. The molecule has 2 unspecified atom stereocenters. The van der Waals surface area contributed by atoms with E-state index in [2.05, 4.69) is 26.0 Å². The first-order valence-corrected chi connectivity index (χ1v) is 5.73. The Bertz CT molecular complexity index is 154. The Kier molecular flexibility index (Phi) is 3.49. The van der Waals surface area contributed by atoms with E-state index < -0.39 is 9.28 Å². The van der Waals surface area contributed by atoms with Crippen molar-refractivity contribution in [2.75, 3.05) is 14.2 Å². The molecular weight excluding hydrogens is 168 g/mol. The molecule has 2 nitrogen and oxygen atoms in total. The Balaban J connectivity index is 2.60.